The minimum absolute atomic E-state index is 0.156. The van der Waals surface area contributed by atoms with Gasteiger partial charge < -0.3 is 10.1 Å². The van der Waals surface area contributed by atoms with E-state index in [1.807, 2.05) is 13.8 Å². The first-order chi connectivity index (χ1) is 9.21. The van der Waals surface area contributed by atoms with Crippen molar-refractivity contribution < 1.29 is 17.5 Å². The largest absolute Gasteiger partial charge is 0.384 e. The molecule has 1 rings (SSSR count). The van der Waals surface area contributed by atoms with Crippen molar-refractivity contribution in [2.24, 2.45) is 5.14 Å². The smallest absolute Gasteiger partial charge is 0.240 e. The molecule has 7 heteroatoms. The Morgan fingerprint density at radius 3 is 2.60 bits per heavy atom. The lowest BCUT2D eigenvalue weighted by atomic mass is 10.2. The normalized spacial score (nSPS) is 11.9. The van der Waals surface area contributed by atoms with Gasteiger partial charge in [0.05, 0.1) is 11.8 Å². The topological polar surface area (TPSA) is 81.4 Å². The van der Waals surface area contributed by atoms with Crippen LogP contribution in [0.25, 0.3) is 0 Å². The number of anilines is 1. The Labute approximate surface area is 119 Å². The van der Waals surface area contributed by atoms with Gasteiger partial charge in [0.25, 0.3) is 0 Å². The molecule has 0 aliphatic carbocycles. The van der Waals surface area contributed by atoms with Gasteiger partial charge >= 0.3 is 0 Å². The highest BCUT2D eigenvalue weighted by Crippen LogP contribution is 2.23. The van der Waals surface area contributed by atoms with Crippen LogP contribution >= 0.6 is 0 Å². The average molecular weight is 304 g/mol. The van der Waals surface area contributed by atoms with Crippen LogP contribution in [0.2, 0.25) is 0 Å². The molecule has 0 saturated carbocycles. The van der Waals surface area contributed by atoms with Crippen molar-refractivity contribution in [2.75, 3.05) is 18.5 Å². The summed E-state index contributed by atoms with van der Waals surface area (Å²) in [5.74, 6) is -0.595. The molecule has 0 amide bonds. The second-order valence-corrected chi connectivity index (χ2v) is 6.37. The molecule has 0 atom stereocenters. The molecule has 0 aromatic heterocycles. The third-order valence-electron chi connectivity index (χ3n) is 2.66. The van der Waals surface area contributed by atoms with E-state index in [1.54, 1.807) is 6.92 Å². The van der Waals surface area contributed by atoms with Crippen molar-refractivity contribution in [1.29, 1.82) is 0 Å². The lowest BCUT2D eigenvalue weighted by molar-refractivity contribution is 0.0787. The second-order valence-electron chi connectivity index (χ2n) is 4.84. The predicted molar refractivity (Wildman–Crippen MR) is 76.7 cm³/mol. The van der Waals surface area contributed by atoms with Crippen LogP contribution in [0.5, 0.6) is 0 Å². The molecule has 114 valence electrons. The van der Waals surface area contributed by atoms with Crippen LogP contribution in [0.1, 0.15) is 25.8 Å². The first-order valence-corrected chi connectivity index (χ1v) is 7.95. The van der Waals surface area contributed by atoms with Gasteiger partial charge in [-0.05, 0) is 44.9 Å². The second kappa shape index (κ2) is 7.01. The summed E-state index contributed by atoms with van der Waals surface area (Å²) < 4.78 is 41.7. The van der Waals surface area contributed by atoms with Gasteiger partial charge in [-0.15, -0.1) is 0 Å². The molecule has 5 nitrogen and oxygen atoms in total. The summed E-state index contributed by atoms with van der Waals surface area (Å²) in [6.45, 7) is 6.52. The molecule has 0 radical (unpaired) electrons. The third kappa shape index (κ3) is 5.07. The molecular formula is C13H21FN2O3S. The molecule has 0 fully saturated rings. The van der Waals surface area contributed by atoms with Crippen molar-refractivity contribution in [3.63, 3.8) is 0 Å². The maximum absolute atomic E-state index is 13.5. The minimum atomic E-state index is -3.96. The molecule has 0 aliphatic rings. The number of rotatable bonds is 7. The number of halogens is 1. The quantitative estimate of drug-likeness (QED) is 0.755. The van der Waals surface area contributed by atoms with Crippen molar-refractivity contribution in [1.82, 2.24) is 0 Å². The predicted octanol–water partition coefficient (Wildman–Crippen LogP) is 2.01. The van der Waals surface area contributed by atoms with E-state index in [0.29, 0.717) is 30.8 Å². The van der Waals surface area contributed by atoms with Crippen LogP contribution in [-0.2, 0) is 14.8 Å². The van der Waals surface area contributed by atoms with E-state index in [2.05, 4.69) is 5.32 Å². The molecule has 0 bridgehead atoms. The zero-order valence-electron chi connectivity index (χ0n) is 11.9. The van der Waals surface area contributed by atoms with Crippen LogP contribution < -0.4 is 10.5 Å². The van der Waals surface area contributed by atoms with Crippen molar-refractivity contribution in [2.45, 2.75) is 38.2 Å². The summed E-state index contributed by atoms with van der Waals surface area (Å²) in [4.78, 5) is -0.231. The Morgan fingerprint density at radius 2 is 2.05 bits per heavy atom. The average Bonchev–Trinajstić information content (AvgIpc) is 2.31. The van der Waals surface area contributed by atoms with Crippen molar-refractivity contribution >= 4 is 15.7 Å². The Morgan fingerprint density at radius 1 is 1.40 bits per heavy atom. The number of benzene rings is 1. The summed E-state index contributed by atoms with van der Waals surface area (Å²) >= 11 is 0. The molecule has 0 aliphatic heterocycles. The lowest BCUT2D eigenvalue weighted by Crippen LogP contribution is -2.17. The monoisotopic (exact) mass is 304 g/mol. The van der Waals surface area contributed by atoms with E-state index in [4.69, 9.17) is 9.88 Å². The van der Waals surface area contributed by atoms with Crippen LogP contribution in [-0.4, -0.2) is 27.7 Å². The molecule has 0 unspecified atom stereocenters. The van der Waals surface area contributed by atoms with Crippen molar-refractivity contribution in [3.05, 3.63) is 23.5 Å². The van der Waals surface area contributed by atoms with Crippen LogP contribution in [0, 0.1) is 12.7 Å². The summed E-state index contributed by atoms with van der Waals surface area (Å²) in [7, 11) is -3.96. The first kappa shape index (κ1) is 16.9. The summed E-state index contributed by atoms with van der Waals surface area (Å²) in [5, 5.41) is 8.04. The van der Waals surface area contributed by atoms with E-state index in [9.17, 15) is 12.8 Å². The molecule has 0 spiro atoms. The van der Waals surface area contributed by atoms with Gasteiger partial charge in [0.1, 0.15) is 10.7 Å². The third-order valence-corrected chi connectivity index (χ3v) is 3.61. The highest BCUT2D eigenvalue weighted by molar-refractivity contribution is 7.89. The molecule has 0 heterocycles. The number of nitrogens with two attached hydrogens (primary N) is 1. The van der Waals surface area contributed by atoms with E-state index >= 15 is 0 Å². The van der Waals surface area contributed by atoms with Gasteiger partial charge in [-0.25, -0.2) is 17.9 Å². The van der Waals surface area contributed by atoms with Gasteiger partial charge in [-0.2, -0.15) is 0 Å². The van der Waals surface area contributed by atoms with E-state index in [0.717, 1.165) is 6.07 Å². The number of sulfonamides is 1. The summed E-state index contributed by atoms with van der Waals surface area (Å²) in [5.41, 5.74) is 0.675. The van der Waals surface area contributed by atoms with Crippen LogP contribution in [0.15, 0.2) is 17.0 Å². The first-order valence-electron chi connectivity index (χ1n) is 6.40. The number of hydrogen-bond acceptors (Lipinski definition) is 4. The highest BCUT2D eigenvalue weighted by atomic mass is 32.2. The van der Waals surface area contributed by atoms with Gasteiger partial charge in [0, 0.05) is 13.2 Å². The maximum atomic E-state index is 13.5. The summed E-state index contributed by atoms with van der Waals surface area (Å²) in [6, 6.07) is 2.38. The van der Waals surface area contributed by atoms with E-state index < -0.39 is 15.8 Å². The number of aryl methyl sites for hydroxylation is 1. The van der Waals surface area contributed by atoms with E-state index in [1.165, 1.54) is 6.07 Å². The molecule has 1 aromatic carbocycles. The van der Waals surface area contributed by atoms with E-state index in [-0.39, 0.29) is 11.0 Å². The van der Waals surface area contributed by atoms with Gasteiger partial charge in [0.15, 0.2) is 0 Å². The number of primary sulfonamides is 1. The molecule has 1 aromatic rings. The molecule has 20 heavy (non-hydrogen) atoms. The fraction of sp³-hybridized carbons (Fsp3) is 0.538. The fourth-order valence-electron chi connectivity index (χ4n) is 1.65. The Hall–Kier alpha value is -1.18. The number of ether oxygens (including phenoxy) is 1. The van der Waals surface area contributed by atoms with Crippen LogP contribution in [0.4, 0.5) is 10.1 Å². The van der Waals surface area contributed by atoms with Gasteiger partial charge in [-0.3, -0.25) is 0 Å². The number of hydrogen-bond donors (Lipinski definition) is 2. The zero-order valence-corrected chi connectivity index (χ0v) is 12.8. The minimum Gasteiger partial charge on any atom is -0.384 e. The SMILES string of the molecule is Cc1cc(NCCCOC(C)C)c(S(N)(=O)=O)cc1F. The fourth-order valence-corrected chi connectivity index (χ4v) is 2.36. The number of nitrogens with one attached hydrogen (secondary N) is 1. The molecule has 0 saturated heterocycles. The van der Waals surface area contributed by atoms with Crippen LogP contribution in [0.3, 0.4) is 0 Å². The Bertz CT molecular complexity index is 559. The lowest BCUT2D eigenvalue weighted by Gasteiger charge is -2.13. The van der Waals surface area contributed by atoms with Crippen molar-refractivity contribution in [3.8, 4) is 0 Å². The Balaban J connectivity index is 2.76. The zero-order chi connectivity index (χ0) is 15.3. The highest BCUT2D eigenvalue weighted by Gasteiger charge is 2.16. The molecular weight excluding hydrogens is 283 g/mol. The standard InChI is InChI=1S/C13H21FN2O3S/c1-9(2)19-6-4-5-16-12-7-10(3)11(14)8-13(12)20(15,17)18/h7-9,16H,4-6H2,1-3H3,(H2,15,17,18). The Kier molecular flexibility index (Phi) is 5.91. The maximum Gasteiger partial charge on any atom is 0.240 e. The molecule has 3 N–H and O–H groups in total. The van der Waals surface area contributed by atoms with Gasteiger partial charge in [0.2, 0.25) is 10.0 Å². The summed E-state index contributed by atoms with van der Waals surface area (Å²) in [6.07, 6.45) is 0.863. The van der Waals surface area contributed by atoms with Gasteiger partial charge in [-0.1, -0.05) is 0 Å².